The fraction of sp³-hybridized carbons (Fsp3) is 0.273. The zero-order chi connectivity index (χ0) is 12.3. The average Bonchev–Trinajstić information content (AvgIpc) is 2.74. The SMILES string of the molecule is Cc1nc(CN(C)c2nccnc2C#N)cs1. The first-order valence-electron chi connectivity index (χ1n) is 5.04. The third kappa shape index (κ3) is 2.57. The zero-order valence-corrected chi connectivity index (χ0v) is 10.4. The molecule has 0 radical (unpaired) electrons. The Morgan fingerprint density at radius 2 is 2.18 bits per heavy atom. The van der Waals surface area contributed by atoms with Crippen LogP contribution in [0.15, 0.2) is 17.8 Å². The predicted octanol–water partition coefficient (Wildman–Crippen LogP) is 1.75. The molecule has 2 heterocycles. The largest absolute Gasteiger partial charge is 0.351 e. The van der Waals surface area contributed by atoms with Crippen molar-refractivity contribution in [3.63, 3.8) is 0 Å². The molecule has 0 aliphatic heterocycles. The second-order valence-electron chi connectivity index (χ2n) is 3.55. The maximum Gasteiger partial charge on any atom is 0.183 e. The minimum atomic E-state index is 0.335. The lowest BCUT2D eigenvalue weighted by Crippen LogP contribution is -2.19. The topological polar surface area (TPSA) is 65.7 Å². The lowest BCUT2D eigenvalue weighted by atomic mass is 10.3. The summed E-state index contributed by atoms with van der Waals surface area (Å²) < 4.78 is 0. The van der Waals surface area contributed by atoms with Crippen LogP contribution in [-0.4, -0.2) is 22.0 Å². The molecule has 0 aromatic carbocycles. The van der Waals surface area contributed by atoms with Crippen LogP contribution in [0.25, 0.3) is 0 Å². The number of hydrogen-bond donors (Lipinski definition) is 0. The fourth-order valence-electron chi connectivity index (χ4n) is 1.49. The predicted molar refractivity (Wildman–Crippen MR) is 65.7 cm³/mol. The molecule has 0 saturated heterocycles. The fourth-order valence-corrected chi connectivity index (χ4v) is 2.09. The summed E-state index contributed by atoms with van der Waals surface area (Å²) in [5.74, 6) is 0.584. The van der Waals surface area contributed by atoms with E-state index in [0.29, 0.717) is 18.1 Å². The van der Waals surface area contributed by atoms with Crippen LogP contribution in [0, 0.1) is 18.3 Å². The van der Waals surface area contributed by atoms with Crippen molar-refractivity contribution in [3.8, 4) is 6.07 Å². The molecule has 2 aromatic heterocycles. The van der Waals surface area contributed by atoms with Gasteiger partial charge in [-0.15, -0.1) is 11.3 Å². The molecule has 0 fully saturated rings. The van der Waals surface area contributed by atoms with Gasteiger partial charge in [-0.25, -0.2) is 15.0 Å². The molecule has 17 heavy (non-hydrogen) atoms. The lowest BCUT2D eigenvalue weighted by molar-refractivity contribution is 0.860. The van der Waals surface area contributed by atoms with E-state index in [4.69, 9.17) is 5.26 Å². The number of nitriles is 1. The van der Waals surface area contributed by atoms with E-state index in [2.05, 4.69) is 15.0 Å². The Hall–Kier alpha value is -2.00. The van der Waals surface area contributed by atoms with Gasteiger partial charge in [-0.2, -0.15) is 5.26 Å². The summed E-state index contributed by atoms with van der Waals surface area (Å²) in [7, 11) is 1.87. The van der Waals surface area contributed by atoms with Crippen molar-refractivity contribution in [2.75, 3.05) is 11.9 Å². The highest BCUT2D eigenvalue weighted by Crippen LogP contribution is 2.16. The van der Waals surface area contributed by atoms with Gasteiger partial charge in [-0.05, 0) is 6.92 Å². The molecule has 0 amide bonds. The first-order valence-corrected chi connectivity index (χ1v) is 5.92. The highest BCUT2D eigenvalue weighted by atomic mass is 32.1. The van der Waals surface area contributed by atoms with Gasteiger partial charge < -0.3 is 4.90 Å². The number of rotatable bonds is 3. The minimum absolute atomic E-state index is 0.335. The zero-order valence-electron chi connectivity index (χ0n) is 9.58. The van der Waals surface area contributed by atoms with Gasteiger partial charge in [-0.1, -0.05) is 0 Å². The number of thiazole rings is 1. The van der Waals surface area contributed by atoms with Crippen LogP contribution in [0.3, 0.4) is 0 Å². The maximum absolute atomic E-state index is 8.94. The van der Waals surface area contributed by atoms with E-state index in [0.717, 1.165) is 10.7 Å². The Balaban J connectivity index is 2.20. The van der Waals surface area contributed by atoms with Gasteiger partial charge in [0.15, 0.2) is 11.5 Å². The number of anilines is 1. The van der Waals surface area contributed by atoms with E-state index in [9.17, 15) is 0 Å². The Morgan fingerprint density at radius 1 is 1.41 bits per heavy atom. The quantitative estimate of drug-likeness (QED) is 0.824. The first-order chi connectivity index (χ1) is 8.20. The molecule has 0 saturated carbocycles. The van der Waals surface area contributed by atoms with E-state index in [1.807, 2.05) is 30.3 Å². The molecule has 6 heteroatoms. The highest BCUT2D eigenvalue weighted by molar-refractivity contribution is 7.09. The third-order valence-corrected chi connectivity index (χ3v) is 3.03. The number of aromatic nitrogens is 3. The van der Waals surface area contributed by atoms with Crippen LogP contribution >= 0.6 is 11.3 Å². The van der Waals surface area contributed by atoms with Crippen LogP contribution in [0.4, 0.5) is 5.82 Å². The van der Waals surface area contributed by atoms with Crippen molar-refractivity contribution in [3.05, 3.63) is 34.2 Å². The van der Waals surface area contributed by atoms with Crippen LogP contribution in [-0.2, 0) is 6.54 Å². The van der Waals surface area contributed by atoms with Crippen LogP contribution in [0.5, 0.6) is 0 Å². The summed E-state index contributed by atoms with van der Waals surface area (Å²) in [6.07, 6.45) is 3.10. The van der Waals surface area contributed by atoms with Crippen LogP contribution in [0.1, 0.15) is 16.4 Å². The number of hydrogen-bond acceptors (Lipinski definition) is 6. The first kappa shape index (κ1) is 11.5. The molecule has 0 aliphatic carbocycles. The molecule has 2 aromatic rings. The lowest BCUT2D eigenvalue weighted by Gasteiger charge is -2.16. The number of nitrogens with zero attached hydrogens (tertiary/aromatic N) is 5. The molecular formula is C11H11N5S. The molecule has 0 spiro atoms. The Bertz CT molecular complexity index is 557. The Kier molecular flexibility index (Phi) is 3.30. The van der Waals surface area contributed by atoms with Gasteiger partial charge in [0.25, 0.3) is 0 Å². The summed E-state index contributed by atoms with van der Waals surface area (Å²) in [6.45, 7) is 2.59. The van der Waals surface area contributed by atoms with Crippen molar-refractivity contribution in [2.24, 2.45) is 0 Å². The highest BCUT2D eigenvalue weighted by Gasteiger charge is 2.11. The molecule has 86 valence electrons. The summed E-state index contributed by atoms with van der Waals surface area (Å²) in [5.41, 5.74) is 1.31. The van der Waals surface area contributed by atoms with Gasteiger partial charge in [0.05, 0.1) is 17.2 Å². The normalized spacial score (nSPS) is 9.94. The molecule has 2 rings (SSSR count). The summed E-state index contributed by atoms with van der Waals surface area (Å²) >= 11 is 1.61. The smallest absolute Gasteiger partial charge is 0.183 e. The second kappa shape index (κ2) is 4.89. The minimum Gasteiger partial charge on any atom is -0.351 e. The maximum atomic E-state index is 8.94. The van der Waals surface area contributed by atoms with Crippen molar-refractivity contribution >= 4 is 17.2 Å². The van der Waals surface area contributed by atoms with Gasteiger partial charge >= 0.3 is 0 Å². The summed E-state index contributed by atoms with van der Waals surface area (Å²) in [4.78, 5) is 14.4. The van der Waals surface area contributed by atoms with Crippen molar-refractivity contribution in [1.82, 2.24) is 15.0 Å². The standard InChI is InChI=1S/C11H11N5S/c1-8-15-9(7-17-8)6-16(2)11-10(5-12)13-3-4-14-11/h3-4,7H,6H2,1-2H3. The molecule has 0 aliphatic rings. The van der Waals surface area contributed by atoms with E-state index in [-0.39, 0.29) is 0 Å². The monoisotopic (exact) mass is 245 g/mol. The van der Waals surface area contributed by atoms with Gasteiger partial charge in [-0.3, -0.25) is 0 Å². The summed E-state index contributed by atoms with van der Waals surface area (Å²) in [6, 6.07) is 2.03. The van der Waals surface area contributed by atoms with Gasteiger partial charge in [0.2, 0.25) is 0 Å². The average molecular weight is 245 g/mol. The number of aryl methyl sites for hydroxylation is 1. The third-order valence-electron chi connectivity index (χ3n) is 2.21. The van der Waals surface area contributed by atoms with E-state index >= 15 is 0 Å². The van der Waals surface area contributed by atoms with Crippen molar-refractivity contribution in [1.29, 1.82) is 5.26 Å². The molecule has 0 bridgehead atoms. The van der Waals surface area contributed by atoms with E-state index in [1.54, 1.807) is 17.5 Å². The Labute approximate surface area is 103 Å². The Morgan fingerprint density at radius 3 is 2.82 bits per heavy atom. The van der Waals surface area contributed by atoms with Crippen molar-refractivity contribution < 1.29 is 0 Å². The van der Waals surface area contributed by atoms with E-state index < -0.39 is 0 Å². The summed E-state index contributed by atoms with van der Waals surface area (Å²) in [5, 5.41) is 12.0. The van der Waals surface area contributed by atoms with Crippen molar-refractivity contribution in [2.45, 2.75) is 13.5 Å². The van der Waals surface area contributed by atoms with Gasteiger partial charge in [0, 0.05) is 24.8 Å². The van der Waals surface area contributed by atoms with E-state index in [1.165, 1.54) is 6.20 Å². The second-order valence-corrected chi connectivity index (χ2v) is 4.62. The van der Waals surface area contributed by atoms with Crippen LogP contribution in [0.2, 0.25) is 0 Å². The molecule has 0 atom stereocenters. The molecule has 5 nitrogen and oxygen atoms in total. The van der Waals surface area contributed by atoms with Gasteiger partial charge in [0.1, 0.15) is 6.07 Å². The molecule has 0 N–H and O–H groups in total. The molecule has 0 unspecified atom stereocenters. The van der Waals surface area contributed by atoms with Crippen LogP contribution < -0.4 is 4.90 Å². The molecular weight excluding hydrogens is 234 g/mol.